The predicted molar refractivity (Wildman–Crippen MR) is 109 cm³/mol. The maximum Gasteiger partial charge on any atom is 0.416 e. The average molecular weight is 415 g/mol. The summed E-state index contributed by atoms with van der Waals surface area (Å²) in [6, 6.07) is 14.9. The number of aromatic nitrogens is 1. The number of pyridine rings is 1. The molecule has 148 valence electrons. The normalized spacial score (nSPS) is 11.7. The zero-order chi connectivity index (χ0) is 21.1. The highest BCUT2D eigenvalue weighted by Gasteiger charge is 2.30. The van der Waals surface area contributed by atoms with Gasteiger partial charge in [0.2, 0.25) is 5.88 Å². The Labute approximate surface area is 166 Å². The Morgan fingerprint density at radius 1 is 0.931 bits per heavy atom. The first kappa shape index (κ1) is 20.6. The van der Waals surface area contributed by atoms with E-state index in [1.807, 2.05) is 0 Å². The standard InChI is InChI=1S/C22H17F3NO2P/c1-3-29(27,4-2)19-13-7-16(8-14-19)20-6-5-15-26-21(20)28-18-11-9-17(10-12-18)22(23,24)25/h3-15H,1-2H2. The van der Waals surface area contributed by atoms with Crippen LogP contribution in [0.2, 0.25) is 0 Å². The minimum atomic E-state index is -4.41. The zero-order valence-corrected chi connectivity index (χ0v) is 16.2. The summed E-state index contributed by atoms with van der Waals surface area (Å²) in [6.07, 6.45) is -2.88. The molecular formula is C22H17F3NO2P. The molecule has 0 radical (unpaired) electrons. The maximum absolute atomic E-state index is 12.7. The predicted octanol–water partition coefficient (Wildman–Crippen LogP) is 6.84. The quantitative estimate of drug-likeness (QED) is 0.414. The Morgan fingerprint density at radius 3 is 2.10 bits per heavy atom. The molecule has 0 N–H and O–H groups in total. The lowest BCUT2D eigenvalue weighted by atomic mass is 10.1. The highest BCUT2D eigenvalue weighted by Crippen LogP contribution is 2.46. The Morgan fingerprint density at radius 2 is 1.55 bits per heavy atom. The molecule has 2 aromatic carbocycles. The smallest absolute Gasteiger partial charge is 0.416 e. The van der Waals surface area contributed by atoms with Crippen molar-refractivity contribution in [2.75, 3.05) is 0 Å². The van der Waals surface area contributed by atoms with E-state index in [0.29, 0.717) is 10.9 Å². The Balaban J connectivity index is 1.90. The summed E-state index contributed by atoms with van der Waals surface area (Å²) in [6.45, 7) is 7.22. The largest absolute Gasteiger partial charge is 0.438 e. The van der Waals surface area contributed by atoms with Gasteiger partial charge in [-0.2, -0.15) is 13.2 Å². The molecule has 3 rings (SSSR count). The van der Waals surface area contributed by atoms with Crippen LogP contribution in [0.3, 0.4) is 0 Å². The van der Waals surface area contributed by atoms with Gasteiger partial charge in [-0.3, -0.25) is 0 Å². The van der Waals surface area contributed by atoms with Crippen molar-refractivity contribution in [2.45, 2.75) is 6.18 Å². The Kier molecular flexibility index (Phi) is 5.76. The maximum atomic E-state index is 12.7. The van der Waals surface area contributed by atoms with E-state index in [2.05, 4.69) is 18.1 Å². The third-order valence-corrected chi connectivity index (χ3v) is 6.48. The monoisotopic (exact) mass is 415 g/mol. The lowest BCUT2D eigenvalue weighted by Gasteiger charge is -2.13. The van der Waals surface area contributed by atoms with Gasteiger partial charge in [0.1, 0.15) is 5.75 Å². The van der Waals surface area contributed by atoms with E-state index < -0.39 is 18.9 Å². The third kappa shape index (κ3) is 4.49. The van der Waals surface area contributed by atoms with Crippen LogP contribution in [-0.4, -0.2) is 4.98 Å². The van der Waals surface area contributed by atoms with E-state index in [4.69, 9.17) is 4.74 Å². The van der Waals surface area contributed by atoms with Crippen LogP contribution in [0.5, 0.6) is 11.6 Å². The highest BCUT2D eigenvalue weighted by molar-refractivity contribution is 7.77. The molecule has 0 aliphatic rings. The number of ether oxygens (including phenoxy) is 1. The number of hydrogen-bond donors (Lipinski definition) is 0. The van der Waals surface area contributed by atoms with Crippen molar-refractivity contribution in [2.24, 2.45) is 0 Å². The van der Waals surface area contributed by atoms with Crippen LogP contribution in [0, 0.1) is 0 Å². The van der Waals surface area contributed by atoms with E-state index in [9.17, 15) is 17.7 Å². The summed E-state index contributed by atoms with van der Waals surface area (Å²) >= 11 is 0. The third-order valence-electron chi connectivity index (χ3n) is 4.29. The van der Waals surface area contributed by atoms with Gasteiger partial charge in [-0.25, -0.2) is 4.98 Å². The number of rotatable bonds is 6. The fourth-order valence-corrected chi connectivity index (χ4v) is 3.86. The summed E-state index contributed by atoms with van der Waals surface area (Å²) in [4.78, 5) is 4.19. The molecule has 1 aromatic heterocycles. The van der Waals surface area contributed by atoms with Crippen molar-refractivity contribution in [1.82, 2.24) is 4.98 Å². The lowest BCUT2D eigenvalue weighted by Crippen LogP contribution is -2.04. The van der Waals surface area contributed by atoms with Crippen LogP contribution < -0.4 is 10.0 Å². The van der Waals surface area contributed by atoms with Crippen LogP contribution in [0.25, 0.3) is 11.1 Å². The summed E-state index contributed by atoms with van der Waals surface area (Å²) in [5.41, 5.74) is 0.643. The van der Waals surface area contributed by atoms with Crippen molar-refractivity contribution < 1.29 is 22.5 Å². The highest BCUT2D eigenvalue weighted by atomic mass is 31.2. The van der Waals surface area contributed by atoms with E-state index in [1.54, 1.807) is 36.4 Å². The molecule has 0 atom stereocenters. The van der Waals surface area contributed by atoms with Crippen LogP contribution in [0.4, 0.5) is 13.2 Å². The van der Waals surface area contributed by atoms with Gasteiger partial charge in [-0.15, -0.1) is 0 Å². The molecule has 0 amide bonds. The van der Waals surface area contributed by atoms with Crippen molar-refractivity contribution in [3.8, 4) is 22.8 Å². The molecule has 0 saturated heterocycles. The number of hydrogen-bond acceptors (Lipinski definition) is 3. The zero-order valence-electron chi connectivity index (χ0n) is 15.3. The molecule has 1 heterocycles. The number of halogens is 3. The summed E-state index contributed by atoms with van der Waals surface area (Å²) in [5, 5.41) is 0.598. The van der Waals surface area contributed by atoms with Gasteiger partial charge in [0.15, 0.2) is 7.14 Å². The van der Waals surface area contributed by atoms with Crippen molar-refractivity contribution in [3.63, 3.8) is 0 Å². The van der Waals surface area contributed by atoms with Gasteiger partial charge in [0.05, 0.1) is 5.56 Å². The molecule has 29 heavy (non-hydrogen) atoms. The van der Waals surface area contributed by atoms with Crippen LogP contribution in [-0.2, 0) is 10.7 Å². The molecule has 7 heteroatoms. The van der Waals surface area contributed by atoms with Gasteiger partial charge in [-0.05, 0) is 53.6 Å². The van der Waals surface area contributed by atoms with Crippen molar-refractivity contribution in [1.29, 1.82) is 0 Å². The van der Waals surface area contributed by atoms with E-state index in [-0.39, 0.29) is 11.6 Å². The second-order valence-corrected chi connectivity index (χ2v) is 8.77. The molecule has 3 nitrogen and oxygen atoms in total. The number of benzene rings is 2. The molecule has 0 spiro atoms. The van der Waals surface area contributed by atoms with Gasteiger partial charge in [0.25, 0.3) is 0 Å². The molecule has 3 aromatic rings. The van der Waals surface area contributed by atoms with E-state index >= 15 is 0 Å². The van der Waals surface area contributed by atoms with Crippen LogP contribution >= 0.6 is 7.14 Å². The van der Waals surface area contributed by atoms with Crippen LogP contribution in [0.15, 0.2) is 91.7 Å². The fraction of sp³-hybridized carbons (Fsp3) is 0.0455. The summed E-state index contributed by atoms with van der Waals surface area (Å²) in [7, 11) is -2.84. The molecule has 0 unspecified atom stereocenters. The first-order valence-corrected chi connectivity index (χ1v) is 10.4. The minimum absolute atomic E-state index is 0.234. The number of nitrogens with zero attached hydrogens (tertiary/aromatic N) is 1. The first-order chi connectivity index (χ1) is 13.8. The van der Waals surface area contributed by atoms with Gasteiger partial charge in [0, 0.05) is 17.1 Å². The van der Waals surface area contributed by atoms with Crippen molar-refractivity contribution in [3.05, 3.63) is 97.2 Å². The number of alkyl halides is 3. The molecule has 0 bridgehead atoms. The molecule has 0 fully saturated rings. The second kappa shape index (κ2) is 8.10. The van der Waals surface area contributed by atoms with E-state index in [1.165, 1.54) is 30.0 Å². The average Bonchev–Trinajstić information content (AvgIpc) is 2.73. The molecule has 0 aliphatic carbocycles. The van der Waals surface area contributed by atoms with Gasteiger partial charge >= 0.3 is 6.18 Å². The Hall–Kier alpha value is -3.11. The molecule has 0 aliphatic heterocycles. The summed E-state index contributed by atoms with van der Waals surface area (Å²) < 4.78 is 56.5. The summed E-state index contributed by atoms with van der Waals surface area (Å²) in [5.74, 6) is 3.25. The minimum Gasteiger partial charge on any atom is -0.438 e. The fourth-order valence-electron chi connectivity index (χ4n) is 2.67. The topological polar surface area (TPSA) is 39.2 Å². The Bertz CT molecular complexity index is 1060. The van der Waals surface area contributed by atoms with Gasteiger partial charge in [-0.1, -0.05) is 37.4 Å². The first-order valence-electron chi connectivity index (χ1n) is 8.54. The molecule has 0 saturated carbocycles. The van der Waals surface area contributed by atoms with Gasteiger partial charge < -0.3 is 9.30 Å². The van der Waals surface area contributed by atoms with Crippen LogP contribution in [0.1, 0.15) is 5.56 Å². The lowest BCUT2D eigenvalue weighted by molar-refractivity contribution is -0.137. The second-order valence-electron chi connectivity index (χ2n) is 6.10. The van der Waals surface area contributed by atoms with E-state index in [0.717, 1.165) is 17.7 Å². The van der Waals surface area contributed by atoms with Crippen molar-refractivity contribution >= 4 is 12.4 Å². The molecular weight excluding hydrogens is 398 g/mol. The SMILES string of the molecule is C=CP(=O)(C=C)c1ccc(-c2cccnc2Oc2ccc(C(F)(F)F)cc2)cc1.